The van der Waals surface area contributed by atoms with E-state index in [4.69, 9.17) is 4.74 Å². The van der Waals surface area contributed by atoms with E-state index in [0.29, 0.717) is 44.5 Å². The van der Waals surface area contributed by atoms with Gasteiger partial charge in [0.25, 0.3) is 5.56 Å². The summed E-state index contributed by atoms with van der Waals surface area (Å²) in [4.78, 5) is 42.7. The summed E-state index contributed by atoms with van der Waals surface area (Å²) in [5.74, 6) is 0.885. The summed E-state index contributed by atoms with van der Waals surface area (Å²) in [6.07, 6.45) is 9.77. The molecule has 1 aliphatic heterocycles. The lowest BCUT2D eigenvalue weighted by Crippen LogP contribution is -2.46. The second-order valence-electron chi connectivity index (χ2n) is 13.2. The van der Waals surface area contributed by atoms with Gasteiger partial charge in [0.2, 0.25) is 5.91 Å². The molecule has 8 nitrogen and oxygen atoms in total. The van der Waals surface area contributed by atoms with Gasteiger partial charge in [-0.15, -0.1) is 11.3 Å². The van der Waals surface area contributed by atoms with E-state index in [2.05, 4.69) is 51.7 Å². The van der Waals surface area contributed by atoms with Gasteiger partial charge in [-0.05, 0) is 85.0 Å². The van der Waals surface area contributed by atoms with Crippen LogP contribution < -0.4 is 20.5 Å². The molecule has 1 fully saturated rings. The molecule has 4 aromatic rings. The number of rotatable bonds is 19. The fourth-order valence-electron chi connectivity index (χ4n) is 6.73. The van der Waals surface area contributed by atoms with Crippen LogP contribution >= 0.6 is 11.3 Å². The van der Waals surface area contributed by atoms with E-state index in [1.54, 1.807) is 22.0 Å². The highest BCUT2D eigenvalue weighted by Crippen LogP contribution is 2.34. The lowest BCUT2D eigenvalue weighted by molar-refractivity contribution is -0.121. The van der Waals surface area contributed by atoms with Crippen molar-refractivity contribution < 1.29 is 14.3 Å². The predicted molar refractivity (Wildman–Crippen MR) is 201 cm³/mol. The molecule has 0 spiro atoms. The van der Waals surface area contributed by atoms with Gasteiger partial charge >= 0.3 is 0 Å². The number of hydrogen-bond donors (Lipinski definition) is 1. The minimum atomic E-state index is -0.0991. The first-order valence-electron chi connectivity index (χ1n) is 18.1. The van der Waals surface area contributed by atoms with E-state index < -0.39 is 0 Å². The number of fused-ring (bicyclic) bond motifs is 2. The standard InChI is InChI=1S/C40H49N4O4S/c1-2-3-4-5-13-39(46)41-19-9-11-37(45)34-27-31(34)29-44-36-28-32(16-14-30(36)15-17-40(44)47)48-25-7-6-20-42-21-23-43(24-22-42)35-10-8-12-38-33(35)18-26-49-38/h8,10,12,14-18,26-28H,2-7,9,11,13,19-25,29H2,1H3,(H,41,46). The Balaban J connectivity index is 0.927. The van der Waals surface area contributed by atoms with Crippen LogP contribution in [-0.4, -0.2) is 67.0 Å². The third-order valence-electron chi connectivity index (χ3n) is 9.66. The number of benzene rings is 2. The summed E-state index contributed by atoms with van der Waals surface area (Å²) in [7, 11) is 0. The number of nitrogens with zero attached hydrogens (tertiary/aromatic N) is 3. The van der Waals surface area contributed by atoms with Crippen molar-refractivity contribution in [1.29, 1.82) is 0 Å². The zero-order valence-electron chi connectivity index (χ0n) is 28.8. The van der Waals surface area contributed by atoms with Crippen LogP contribution in [0.3, 0.4) is 0 Å². The molecule has 259 valence electrons. The number of amides is 1. The summed E-state index contributed by atoms with van der Waals surface area (Å²) in [5, 5.41) is 7.43. The fourth-order valence-corrected chi connectivity index (χ4v) is 7.53. The van der Waals surface area contributed by atoms with E-state index in [-0.39, 0.29) is 17.2 Å². The summed E-state index contributed by atoms with van der Waals surface area (Å²) >= 11 is 1.81. The number of unbranched alkanes of at least 4 members (excludes halogenated alkanes) is 4. The maximum absolute atomic E-state index is 12.9. The molecule has 1 aliphatic carbocycles. The number of piperazine rings is 1. The number of ether oxygens (including phenoxy) is 1. The Labute approximate surface area is 293 Å². The van der Waals surface area contributed by atoms with Gasteiger partial charge in [-0.3, -0.25) is 19.3 Å². The van der Waals surface area contributed by atoms with E-state index in [0.717, 1.165) is 93.5 Å². The molecular weight excluding hydrogens is 633 g/mol. The maximum Gasteiger partial charge on any atom is 0.251 e. The molecule has 2 aromatic heterocycles. The first-order valence-corrected chi connectivity index (χ1v) is 19.0. The number of Topliss-reactive ketones (excluding diaryl/α,β-unsaturated/α-hetero) is 1. The summed E-state index contributed by atoms with van der Waals surface area (Å²) in [6.45, 7) is 8.96. The molecule has 1 N–H and O–H groups in total. The topological polar surface area (TPSA) is 83.9 Å². The molecule has 0 unspecified atom stereocenters. The van der Waals surface area contributed by atoms with Crippen LogP contribution in [0, 0.1) is 6.42 Å². The van der Waals surface area contributed by atoms with Crippen molar-refractivity contribution in [2.24, 2.45) is 0 Å². The Morgan fingerprint density at radius 2 is 1.76 bits per heavy atom. The van der Waals surface area contributed by atoms with Gasteiger partial charge in [-0.25, -0.2) is 0 Å². The van der Waals surface area contributed by atoms with Gasteiger partial charge in [0.15, 0.2) is 5.78 Å². The van der Waals surface area contributed by atoms with Crippen LogP contribution in [0.15, 0.2) is 75.9 Å². The zero-order chi connectivity index (χ0) is 34.0. The third kappa shape index (κ3) is 9.40. The number of allylic oxidation sites excluding steroid dienone is 2. The minimum absolute atomic E-state index is 0.0633. The smallest absolute Gasteiger partial charge is 0.251 e. The highest BCUT2D eigenvalue weighted by atomic mass is 32.1. The highest BCUT2D eigenvalue weighted by molar-refractivity contribution is 7.17. The Hall–Kier alpha value is -3.95. The minimum Gasteiger partial charge on any atom is -0.494 e. The van der Waals surface area contributed by atoms with Crippen molar-refractivity contribution >= 4 is 49.7 Å². The van der Waals surface area contributed by atoms with Crippen LogP contribution in [0.1, 0.15) is 64.7 Å². The first kappa shape index (κ1) is 34.9. The largest absolute Gasteiger partial charge is 0.494 e. The molecule has 1 radical (unpaired) electrons. The number of carbonyl (C=O) groups excluding carboxylic acids is 2. The van der Waals surface area contributed by atoms with Crippen molar-refractivity contribution in [3.05, 3.63) is 87.9 Å². The third-order valence-corrected chi connectivity index (χ3v) is 10.5. The average Bonchev–Trinajstić information content (AvgIpc) is 3.73. The normalized spacial score (nSPS) is 14.9. The molecule has 2 aliphatic rings. The number of hydrogen-bond acceptors (Lipinski definition) is 7. The number of nitrogens with one attached hydrogen (secondary N) is 1. The number of anilines is 1. The summed E-state index contributed by atoms with van der Waals surface area (Å²) in [5.41, 5.74) is 3.68. The first-order chi connectivity index (χ1) is 24.0. The molecule has 3 heterocycles. The van der Waals surface area contributed by atoms with E-state index in [9.17, 15) is 14.4 Å². The van der Waals surface area contributed by atoms with Crippen LogP contribution in [0.2, 0.25) is 0 Å². The summed E-state index contributed by atoms with van der Waals surface area (Å²) in [6, 6.07) is 18.2. The quantitative estimate of drug-likeness (QED) is 0.106. The SMILES string of the molecule is CCCCCCC(=O)NCCCC(=O)C1=C(Cn2c(=O)ccc3ccc(OCCCCN4CCN(c5cccc6sccc56)CC4)cc32)[CH]1. The number of pyridine rings is 1. The molecular formula is C40H49N4O4S. The Morgan fingerprint density at radius 3 is 2.61 bits per heavy atom. The van der Waals surface area contributed by atoms with Crippen molar-refractivity contribution in [1.82, 2.24) is 14.8 Å². The van der Waals surface area contributed by atoms with Gasteiger partial charge in [0.1, 0.15) is 5.75 Å². The van der Waals surface area contributed by atoms with Crippen LogP contribution in [0.5, 0.6) is 5.75 Å². The molecule has 1 amide bonds. The van der Waals surface area contributed by atoms with Gasteiger partial charge in [0.05, 0.1) is 12.1 Å². The van der Waals surface area contributed by atoms with Crippen LogP contribution in [0.4, 0.5) is 5.69 Å². The van der Waals surface area contributed by atoms with Gasteiger partial charge in [-0.1, -0.05) is 32.3 Å². The van der Waals surface area contributed by atoms with Crippen molar-refractivity contribution in [3.63, 3.8) is 0 Å². The van der Waals surface area contributed by atoms with Crippen molar-refractivity contribution in [3.8, 4) is 5.75 Å². The molecule has 0 saturated carbocycles. The Bertz CT molecular complexity index is 1830. The van der Waals surface area contributed by atoms with Crippen LogP contribution in [0.25, 0.3) is 21.0 Å². The molecule has 2 aromatic carbocycles. The second-order valence-corrected chi connectivity index (χ2v) is 14.2. The Kier molecular flexibility index (Phi) is 12.2. The summed E-state index contributed by atoms with van der Waals surface area (Å²) < 4.78 is 9.23. The van der Waals surface area contributed by atoms with E-state index >= 15 is 0 Å². The molecule has 9 heteroatoms. The second kappa shape index (κ2) is 17.1. The molecule has 0 bridgehead atoms. The van der Waals surface area contributed by atoms with Gasteiger partial charge in [0, 0.05) is 92.0 Å². The number of ketones is 1. The zero-order valence-corrected chi connectivity index (χ0v) is 29.6. The maximum atomic E-state index is 12.9. The van der Waals surface area contributed by atoms with Crippen molar-refractivity contribution in [2.45, 2.75) is 71.3 Å². The predicted octanol–water partition coefficient (Wildman–Crippen LogP) is 7.15. The van der Waals surface area contributed by atoms with Crippen LogP contribution in [-0.2, 0) is 16.1 Å². The molecule has 1 saturated heterocycles. The number of carbonyl (C=O) groups is 2. The van der Waals surface area contributed by atoms with Gasteiger partial charge in [-0.2, -0.15) is 0 Å². The average molecular weight is 682 g/mol. The highest BCUT2D eigenvalue weighted by Gasteiger charge is 2.28. The molecule has 0 atom stereocenters. The molecule has 49 heavy (non-hydrogen) atoms. The monoisotopic (exact) mass is 681 g/mol. The van der Waals surface area contributed by atoms with E-state index in [1.807, 2.05) is 30.7 Å². The lowest BCUT2D eigenvalue weighted by atomic mass is 10.1. The lowest BCUT2D eigenvalue weighted by Gasteiger charge is -2.36. The van der Waals surface area contributed by atoms with Gasteiger partial charge < -0.3 is 19.5 Å². The number of aromatic nitrogens is 1. The Morgan fingerprint density at radius 1 is 0.898 bits per heavy atom. The fraction of sp³-hybridized carbons (Fsp3) is 0.450. The molecule has 6 rings (SSSR count). The van der Waals surface area contributed by atoms with Crippen molar-refractivity contribution in [2.75, 3.05) is 50.8 Å². The van der Waals surface area contributed by atoms with E-state index in [1.165, 1.54) is 15.8 Å². The number of thiophene rings is 1.